The van der Waals surface area contributed by atoms with E-state index in [1.54, 1.807) is 0 Å². The number of carbonyl (C=O) groups is 4. The number of piperidine rings is 1. The van der Waals surface area contributed by atoms with Gasteiger partial charge in [0.05, 0.1) is 5.56 Å². The first-order valence-electron chi connectivity index (χ1n) is 7.79. The summed E-state index contributed by atoms with van der Waals surface area (Å²) in [6.07, 6.45) is 0.259. The van der Waals surface area contributed by atoms with Crippen LogP contribution in [0.3, 0.4) is 0 Å². The maximum atomic E-state index is 14.2. The second-order valence-electron chi connectivity index (χ2n) is 5.91. The van der Waals surface area contributed by atoms with Gasteiger partial charge >= 0.3 is 5.97 Å². The van der Waals surface area contributed by atoms with Crippen LogP contribution in [-0.2, 0) is 20.9 Å². The molecule has 1 aromatic carbocycles. The quantitative estimate of drug-likeness (QED) is 0.662. The Morgan fingerprint density at radius 1 is 1.42 bits per heavy atom. The van der Waals surface area contributed by atoms with E-state index in [0.717, 1.165) is 10.6 Å². The Hall–Kier alpha value is -3.30. The second kappa shape index (κ2) is 6.54. The van der Waals surface area contributed by atoms with Gasteiger partial charge in [0.2, 0.25) is 11.8 Å². The molecule has 10 heteroatoms. The summed E-state index contributed by atoms with van der Waals surface area (Å²) >= 11 is 0. The molecule has 0 saturated carbocycles. The number of fused-ring (bicyclic) bond motifs is 1. The number of nitrogens with one attached hydrogen (secondary N) is 2. The van der Waals surface area contributed by atoms with Crippen LogP contribution in [0.4, 0.5) is 4.39 Å². The van der Waals surface area contributed by atoms with E-state index in [1.807, 2.05) is 0 Å². The lowest BCUT2D eigenvalue weighted by Crippen LogP contribution is -2.52. The van der Waals surface area contributed by atoms with Crippen LogP contribution in [-0.4, -0.2) is 44.4 Å². The van der Waals surface area contributed by atoms with Crippen molar-refractivity contribution in [3.8, 4) is 0 Å². The third-order valence-electron chi connectivity index (χ3n) is 4.12. The molecule has 1 fully saturated rings. The van der Waals surface area contributed by atoms with E-state index < -0.39 is 42.1 Å². The number of aryl methyl sites for hydroxylation is 1. The van der Waals surface area contributed by atoms with Gasteiger partial charge in [0, 0.05) is 6.42 Å². The SMILES string of the molecule is Cc1nc2c(C(=O)NC3CCC(=O)NC3=O)ccc(F)c2n1CC(=O)O. The number of halogens is 1. The number of amides is 3. The number of imidazole rings is 1. The van der Waals surface area contributed by atoms with Gasteiger partial charge in [-0.15, -0.1) is 0 Å². The zero-order valence-corrected chi connectivity index (χ0v) is 13.7. The van der Waals surface area contributed by atoms with Gasteiger partial charge in [-0.2, -0.15) is 0 Å². The fraction of sp³-hybridized carbons (Fsp3) is 0.312. The van der Waals surface area contributed by atoms with Crippen molar-refractivity contribution in [2.45, 2.75) is 32.4 Å². The minimum absolute atomic E-state index is 0.00791. The number of rotatable bonds is 4. The lowest BCUT2D eigenvalue weighted by Gasteiger charge is -2.21. The topological polar surface area (TPSA) is 130 Å². The Balaban J connectivity index is 1.96. The molecular formula is C16H15FN4O5. The fourth-order valence-electron chi connectivity index (χ4n) is 2.89. The molecule has 0 bridgehead atoms. The summed E-state index contributed by atoms with van der Waals surface area (Å²) in [5.41, 5.74) is -0.0762. The molecule has 3 amide bonds. The zero-order valence-electron chi connectivity index (χ0n) is 13.7. The molecule has 2 aromatic rings. The minimum atomic E-state index is -1.18. The third kappa shape index (κ3) is 3.13. The van der Waals surface area contributed by atoms with Crippen LogP contribution in [0.15, 0.2) is 12.1 Å². The Morgan fingerprint density at radius 3 is 2.81 bits per heavy atom. The zero-order chi connectivity index (χ0) is 19.0. The number of carboxylic acid groups (broad SMARTS) is 1. The molecule has 136 valence electrons. The van der Waals surface area contributed by atoms with Gasteiger partial charge in [-0.3, -0.25) is 24.5 Å². The Bertz CT molecular complexity index is 952. The summed E-state index contributed by atoms with van der Waals surface area (Å²) in [6.45, 7) is 1.00. The highest BCUT2D eigenvalue weighted by Crippen LogP contribution is 2.23. The molecule has 26 heavy (non-hydrogen) atoms. The van der Waals surface area contributed by atoms with Crippen molar-refractivity contribution < 1.29 is 28.7 Å². The van der Waals surface area contributed by atoms with Crippen LogP contribution in [0.5, 0.6) is 0 Å². The van der Waals surface area contributed by atoms with Crippen LogP contribution in [0.2, 0.25) is 0 Å². The Labute approximate surface area is 146 Å². The largest absolute Gasteiger partial charge is 0.480 e. The Kier molecular flexibility index (Phi) is 4.41. The maximum absolute atomic E-state index is 14.2. The monoisotopic (exact) mass is 362 g/mol. The fourth-order valence-corrected chi connectivity index (χ4v) is 2.89. The molecule has 1 unspecified atom stereocenters. The van der Waals surface area contributed by atoms with E-state index in [1.165, 1.54) is 13.0 Å². The van der Waals surface area contributed by atoms with E-state index in [0.29, 0.717) is 0 Å². The molecule has 3 rings (SSSR count). The molecule has 1 aliphatic heterocycles. The predicted octanol–water partition coefficient (Wildman–Crippen LogP) is 0.103. The van der Waals surface area contributed by atoms with Crippen LogP contribution < -0.4 is 10.6 Å². The summed E-state index contributed by atoms with van der Waals surface area (Å²) in [5.74, 6) is -3.33. The number of aromatic nitrogens is 2. The number of benzene rings is 1. The first-order chi connectivity index (χ1) is 12.3. The molecule has 1 aromatic heterocycles. The molecular weight excluding hydrogens is 347 g/mol. The standard InChI is InChI=1S/C16H15FN4O5/c1-7-18-13-8(2-3-9(17)14(13)21(7)6-12(23)24)15(25)19-10-4-5-11(22)20-16(10)26/h2-3,10H,4-6H2,1H3,(H,19,25)(H,23,24)(H,20,22,26). The number of hydrogen-bond acceptors (Lipinski definition) is 5. The van der Waals surface area contributed by atoms with Gasteiger partial charge in [0.1, 0.15) is 35.3 Å². The molecule has 0 radical (unpaired) electrons. The van der Waals surface area contributed by atoms with Crippen LogP contribution in [0.25, 0.3) is 11.0 Å². The highest BCUT2D eigenvalue weighted by atomic mass is 19.1. The summed E-state index contributed by atoms with van der Waals surface area (Å²) in [6, 6.07) is 1.37. The highest BCUT2D eigenvalue weighted by molar-refractivity contribution is 6.08. The molecule has 0 spiro atoms. The number of carbonyl (C=O) groups excluding carboxylic acids is 3. The van der Waals surface area contributed by atoms with Crippen molar-refractivity contribution in [3.05, 3.63) is 29.3 Å². The van der Waals surface area contributed by atoms with Gasteiger partial charge in [-0.1, -0.05) is 0 Å². The summed E-state index contributed by atoms with van der Waals surface area (Å²) < 4.78 is 15.4. The normalized spacial score (nSPS) is 17.2. The molecule has 2 heterocycles. The van der Waals surface area contributed by atoms with E-state index in [2.05, 4.69) is 15.6 Å². The predicted molar refractivity (Wildman–Crippen MR) is 85.7 cm³/mol. The average Bonchev–Trinajstić information content (AvgIpc) is 2.87. The molecule has 9 nitrogen and oxygen atoms in total. The van der Waals surface area contributed by atoms with E-state index in [-0.39, 0.29) is 35.3 Å². The highest BCUT2D eigenvalue weighted by Gasteiger charge is 2.29. The van der Waals surface area contributed by atoms with E-state index >= 15 is 0 Å². The van der Waals surface area contributed by atoms with E-state index in [9.17, 15) is 23.6 Å². The third-order valence-corrected chi connectivity index (χ3v) is 4.12. The lowest BCUT2D eigenvalue weighted by molar-refractivity contribution is -0.138. The maximum Gasteiger partial charge on any atom is 0.323 e. The summed E-state index contributed by atoms with van der Waals surface area (Å²) in [4.78, 5) is 50.6. The van der Waals surface area contributed by atoms with Crippen molar-refractivity contribution in [1.82, 2.24) is 20.2 Å². The first-order valence-corrected chi connectivity index (χ1v) is 7.79. The van der Waals surface area contributed by atoms with Crippen molar-refractivity contribution in [2.75, 3.05) is 0 Å². The van der Waals surface area contributed by atoms with Gasteiger partial charge in [0.15, 0.2) is 0 Å². The number of imide groups is 1. The van der Waals surface area contributed by atoms with Gasteiger partial charge in [0.25, 0.3) is 5.91 Å². The van der Waals surface area contributed by atoms with Crippen molar-refractivity contribution in [3.63, 3.8) is 0 Å². The smallest absolute Gasteiger partial charge is 0.323 e. The molecule has 0 aliphatic carbocycles. The second-order valence-corrected chi connectivity index (χ2v) is 5.91. The summed E-state index contributed by atoms with van der Waals surface area (Å²) in [7, 11) is 0. The van der Waals surface area contributed by atoms with Crippen LogP contribution >= 0.6 is 0 Å². The average molecular weight is 362 g/mol. The molecule has 1 atom stereocenters. The van der Waals surface area contributed by atoms with Crippen LogP contribution in [0.1, 0.15) is 29.0 Å². The van der Waals surface area contributed by atoms with Crippen molar-refractivity contribution in [2.24, 2.45) is 0 Å². The Morgan fingerprint density at radius 2 is 2.15 bits per heavy atom. The van der Waals surface area contributed by atoms with E-state index in [4.69, 9.17) is 5.11 Å². The number of carboxylic acids is 1. The molecule has 3 N–H and O–H groups in total. The van der Waals surface area contributed by atoms with Crippen molar-refractivity contribution in [1.29, 1.82) is 0 Å². The minimum Gasteiger partial charge on any atom is -0.480 e. The number of nitrogens with zero attached hydrogens (tertiary/aromatic N) is 2. The van der Waals surface area contributed by atoms with Crippen LogP contribution in [0, 0.1) is 12.7 Å². The van der Waals surface area contributed by atoms with Gasteiger partial charge in [-0.25, -0.2) is 9.37 Å². The van der Waals surface area contributed by atoms with Gasteiger partial charge in [-0.05, 0) is 25.5 Å². The lowest BCUT2D eigenvalue weighted by atomic mass is 10.1. The van der Waals surface area contributed by atoms with Gasteiger partial charge < -0.3 is 15.0 Å². The number of hydrogen-bond donors (Lipinski definition) is 3. The molecule has 1 saturated heterocycles. The summed E-state index contributed by atoms with van der Waals surface area (Å²) in [5, 5.41) is 13.6. The molecule has 1 aliphatic rings. The first kappa shape index (κ1) is 17.5. The number of aliphatic carboxylic acids is 1. The van der Waals surface area contributed by atoms with Crippen molar-refractivity contribution >= 4 is 34.7 Å².